The predicted octanol–water partition coefficient (Wildman–Crippen LogP) is 0.963. The van der Waals surface area contributed by atoms with Crippen molar-refractivity contribution in [3.05, 3.63) is 0 Å². The molecule has 0 radical (unpaired) electrons. The van der Waals surface area contributed by atoms with Crippen LogP contribution in [-0.4, -0.2) is 71.8 Å². The molecular weight excluding hydrogens is 300 g/mol. The molecule has 23 heavy (non-hydrogen) atoms. The number of aliphatic hydroxyl groups is 3. The SMILES string of the molecule is C[C@@H]1CO[C@H](C(CO)C(C)(C)OCCC(C)(C)O)[C@H]1OCCO. The van der Waals surface area contributed by atoms with Gasteiger partial charge in [-0.3, -0.25) is 0 Å². The van der Waals surface area contributed by atoms with Crippen molar-refractivity contribution in [2.24, 2.45) is 11.8 Å². The second kappa shape index (κ2) is 8.74. The Morgan fingerprint density at radius 1 is 1.17 bits per heavy atom. The van der Waals surface area contributed by atoms with Crippen LogP contribution in [0.1, 0.15) is 41.0 Å². The molecule has 1 rings (SSSR count). The predicted molar refractivity (Wildman–Crippen MR) is 87.3 cm³/mol. The topological polar surface area (TPSA) is 88.4 Å². The first-order valence-corrected chi connectivity index (χ1v) is 8.43. The Balaban J connectivity index is 2.71. The van der Waals surface area contributed by atoms with E-state index in [1.807, 2.05) is 20.8 Å². The van der Waals surface area contributed by atoms with E-state index in [4.69, 9.17) is 19.3 Å². The molecule has 1 saturated heterocycles. The van der Waals surface area contributed by atoms with Crippen molar-refractivity contribution in [1.29, 1.82) is 0 Å². The van der Waals surface area contributed by atoms with Crippen molar-refractivity contribution >= 4 is 0 Å². The first kappa shape index (κ1) is 20.8. The molecule has 4 atom stereocenters. The monoisotopic (exact) mass is 334 g/mol. The van der Waals surface area contributed by atoms with E-state index >= 15 is 0 Å². The van der Waals surface area contributed by atoms with Crippen molar-refractivity contribution < 1.29 is 29.5 Å². The Labute approximate surface area is 139 Å². The van der Waals surface area contributed by atoms with E-state index in [0.717, 1.165) is 0 Å². The van der Waals surface area contributed by atoms with Crippen LogP contribution in [0.15, 0.2) is 0 Å². The lowest BCUT2D eigenvalue weighted by Crippen LogP contribution is -2.49. The highest BCUT2D eigenvalue weighted by Gasteiger charge is 2.46. The summed E-state index contributed by atoms with van der Waals surface area (Å²) in [6.45, 7) is 10.5. The minimum Gasteiger partial charge on any atom is -0.396 e. The van der Waals surface area contributed by atoms with Gasteiger partial charge in [0, 0.05) is 11.8 Å². The molecule has 0 spiro atoms. The van der Waals surface area contributed by atoms with Crippen LogP contribution in [0.4, 0.5) is 0 Å². The van der Waals surface area contributed by atoms with E-state index < -0.39 is 11.2 Å². The maximum atomic E-state index is 9.90. The lowest BCUT2D eigenvalue weighted by Gasteiger charge is -2.39. The van der Waals surface area contributed by atoms with Gasteiger partial charge in [-0.1, -0.05) is 6.92 Å². The summed E-state index contributed by atoms with van der Waals surface area (Å²) in [6, 6.07) is 0. The van der Waals surface area contributed by atoms with Crippen LogP contribution >= 0.6 is 0 Å². The summed E-state index contributed by atoms with van der Waals surface area (Å²) < 4.78 is 17.6. The summed E-state index contributed by atoms with van der Waals surface area (Å²) >= 11 is 0. The summed E-state index contributed by atoms with van der Waals surface area (Å²) in [6.07, 6.45) is 0.0659. The lowest BCUT2D eigenvalue weighted by molar-refractivity contribution is -0.146. The average molecular weight is 334 g/mol. The molecule has 6 nitrogen and oxygen atoms in total. The molecule has 0 aromatic heterocycles. The molecule has 0 bridgehead atoms. The quantitative estimate of drug-likeness (QED) is 0.552. The molecule has 0 aliphatic carbocycles. The maximum absolute atomic E-state index is 9.90. The van der Waals surface area contributed by atoms with E-state index in [-0.39, 0.29) is 43.9 Å². The molecule has 1 unspecified atom stereocenters. The Morgan fingerprint density at radius 2 is 1.83 bits per heavy atom. The second-order valence-corrected chi connectivity index (χ2v) is 7.64. The fraction of sp³-hybridized carbons (Fsp3) is 1.00. The highest BCUT2D eigenvalue weighted by atomic mass is 16.6. The van der Waals surface area contributed by atoms with E-state index in [2.05, 4.69) is 0 Å². The summed E-state index contributed by atoms with van der Waals surface area (Å²) in [5.41, 5.74) is -1.40. The van der Waals surface area contributed by atoms with Crippen LogP contribution in [0.5, 0.6) is 0 Å². The Kier molecular flexibility index (Phi) is 7.90. The van der Waals surface area contributed by atoms with Crippen LogP contribution in [0.2, 0.25) is 0 Å². The molecule has 0 amide bonds. The standard InChI is InChI=1S/C17H34O6/c1-12-11-22-15(14(12)21-9-7-18)13(10-19)17(4,5)23-8-6-16(2,3)20/h12-15,18-20H,6-11H2,1-5H3/t12-,13?,14+,15-/m1/s1. The molecular formula is C17H34O6. The van der Waals surface area contributed by atoms with Crippen molar-refractivity contribution in [3.63, 3.8) is 0 Å². The van der Waals surface area contributed by atoms with E-state index in [0.29, 0.717) is 19.6 Å². The minimum absolute atomic E-state index is 0.0365. The van der Waals surface area contributed by atoms with Gasteiger partial charge in [-0.05, 0) is 34.1 Å². The molecule has 1 fully saturated rings. The largest absolute Gasteiger partial charge is 0.396 e. The van der Waals surface area contributed by atoms with Gasteiger partial charge in [0.1, 0.15) is 0 Å². The zero-order valence-electron chi connectivity index (χ0n) is 15.1. The number of ether oxygens (including phenoxy) is 3. The Morgan fingerprint density at radius 3 is 2.35 bits per heavy atom. The van der Waals surface area contributed by atoms with Gasteiger partial charge in [-0.15, -0.1) is 0 Å². The molecule has 0 aromatic carbocycles. The van der Waals surface area contributed by atoms with E-state index in [9.17, 15) is 10.2 Å². The third kappa shape index (κ3) is 6.29. The molecule has 138 valence electrons. The maximum Gasteiger partial charge on any atom is 0.0917 e. The highest BCUT2D eigenvalue weighted by molar-refractivity contribution is 4.94. The zero-order chi connectivity index (χ0) is 17.7. The van der Waals surface area contributed by atoms with Gasteiger partial charge in [-0.25, -0.2) is 0 Å². The van der Waals surface area contributed by atoms with Crippen molar-refractivity contribution in [2.45, 2.75) is 64.4 Å². The molecule has 1 heterocycles. The van der Waals surface area contributed by atoms with Crippen molar-refractivity contribution in [3.8, 4) is 0 Å². The van der Waals surface area contributed by atoms with Crippen LogP contribution in [0, 0.1) is 11.8 Å². The van der Waals surface area contributed by atoms with Crippen LogP contribution < -0.4 is 0 Å². The first-order valence-electron chi connectivity index (χ1n) is 8.43. The normalized spacial score (nSPS) is 27.4. The molecule has 1 aliphatic heterocycles. The molecule has 0 saturated carbocycles. The van der Waals surface area contributed by atoms with Gasteiger partial charge < -0.3 is 29.5 Å². The highest BCUT2D eigenvalue weighted by Crippen LogP contribution is 2.35. The molecule has 6 heteroatoms. The van der Waals surface area contributed by atoms with Crippen LogP contribution in [0.3, 0.4) is 0 Å². The fourth-order valence-electron chi connectivity index (χ4n) is 2.96. The van der Waals surface area contributed by atoms with Crippen LogP contribution in [0.25, 0.3) is 0 Å². The smallest absolute Gasteiger partial charge is 0.0917 e. The molecule has 3 N–H and O–H groups in total. The van der Waals surface area contributed by atoms with Gasteiger partial charge in [0.05, 0.1) is 56.4 Å². The third-order valence-electron chi connectivity index (χ3n) is 4.51. The van der Waals surface area contributed by atoms with Gasteiger partial charge in [0.2, 0.25) is 0 Å². The third-order valence-corrected chi connectivity index (χ3v) is 4.51. The number of rotatable bonds is 10. The summed E-state index contributed by atoms with van der Waals surface area (Å²) in [5, 5.41) is 28.7. The fourth-order valence-corrected chi connectivity index (χ4v) is 2.96. The molecule has 0 aromatic rings. The van der Waals surface area contributed by atoms with Crippen molar-refractivity contribution in [1.82, 2.24) is 0 Å². The lowest BCUT2D eigenvalue weighted by atomic mass is 9.82. The van der Waals surface area contributed by atoms with Gasteiger partial charge >= 0.3 is 0 Å². The minimum atomic E-state index is -0.782. The number of aliphatic hydroxyl groups excluding tert-OH is 2. The van der Waals surface area contributed by atoms with Gasteiger partial charge in [-0.2, -0.15) is 0 Å². The Hall–Kier alpha value is -0.240. The Bertz CT molecular complexity index is 338. The summed E-state index contributed by atoms with van der Waals surface area (Å²) in [4.78, 5) is 0. The first-order chi connectivity index (χ1) is 10.6. The van der Waals surface area contributed by atoms with Gasteiger partial charge in [0.15, 0.2) is 0 Å². The summed E-state index contributed by atoms with van der Waals surface area (Å²) in [7, 11) is 0. The molecule has 1 aliphatic rings. The second-order valence-electron chi connectivity index (χ2n) is 7.64. The number of hydrogen-bond acceptors (Lipinski definition) is 6. The van der Waals surface area contributed by atoms with Crippen LogP contribution in [-0.2, 0) is 14.2 Å². The van der Waals surface area contributed by atoms with E-state index in [1.165, 1.54) is 0 Å². The summed E-state index contributed by atoms with van der Waals surface area (Å²) in [5.74, 6) is -0.0503. The number of hydrogen-bond donors (Lipinski definition) is 3. The zero-order valence-corrected chi connectivity index (χ0v) is 15.1. The van der Waals surface area contributed by atoms with E-state index in [1.54, 1.807) is 13.8 Å². The van der Waals surface area contributed by atoms with Crippen molar-refractivity contribution in [2.75, 3.05) is 33.0 Å². The van der Waals surface area contributed by atoms with Gasteiger partial charge in [0.25, 0.3) is 0 Å². The average Bonchev–Trinajstić information content (AvgIpc) is 2.76.